The van der Waals surface area contributed by atoms with Crippen LogP contribution in [0.2, 0.25) is 0 Å². The SMILES string of the molecule is COc1cccc(OCC(=O)N2CC(C)(C)Oc3ccccc32)c1. The number of carbonyl (C=O) groups excluding carboxylic acids is 1. The maximum Gasteiger partial charge on any atom is 0.265 e. The Labute approximate surface area is 141 Å². The monoisotopic (exact) mass is 327 g/mol. The van der Waals surface area contributed by atoms with Gasteiger partial charge < -0.3 is 19.1 Å². The molecule has 5 heteroatoms. The van der Waals surface area contributed by atoms with E-state index in [-0.39, 0.29) is 12.5 Å². The fourth-order valence-electron chi connectivity index (χ4n) is 2.70. The largest absolute Gasteiger partial charge is 0.497 e. The van der Waals surface area contributed by atoms with E-state index in [9.17, 15) is 4.79 Å². The van der Waals surface area contributed by atoms with E-state index < -0.39 is 5.60 Å². The number of carbonyl (C=O) groups is 1. The Morgan fingerprint density at radius 1 is 1.17 bits per heavy atom. The second-order valence-corrected chi connectivity index (χ2v) is 6.28. The van der Waals surface area contributed by atoms with E-state index in [1.54, 1.807) is 24.1 Å². The number of hydrogen-bond donors (Lipinski definition) is 0. The molecule has 0 spiro atoms. The van der Waals surface area contributed by atoms with Gasteiger partial charge in [-0.25, -0.2) is 0 Å². The lowest BCUT2D eigenvalue weighted by Crippen LogP contribution is -2.50. The first-order chi connectivity index (χ1) is 11.5. The number of hydrogen-bond acceptors (Lipinski definition) is 4. The molecule has 1 amide bonds. The molecule has 0 unspecified atom stereocenters. The first-order valence-corrected chi connectivity index (χ1v) is 7.84. The minimum absolute atomic E-state index is 0.0441. The Kier molecular flexibility index (Phi) is 4.34. The Bertz CT molecular complexity index is 742. The highest BCUT2D eigenvalue weighted by atomic mass is 16.5. The molecular weight excluding hydrogens is 306 g/mol. The van der Waals surface area contributed by atoms with Gasteiger partial charge >= 0.3 is 0 Å². The van der Waals surface area contributed by atoms with E-state index in [1.165, 1.54) is 0 Å². The van der Waals surface area contributed by atoms with Crippen molar-refractivity contribution in [1.29, 1.82) is 0 Å². The molecule has 2 aromatic rings. The van der Waals surface area contributed by atoms with Crippen LogP contribution >= 0.6 is 0 Å². The molecule has 1 aliphatic rings. The molecule has 2 aromatic carbocycles. The summed E-state index contributed by atoms with van der Waals surface area (Å²) in [4.78, 5) is 14.4. The molecule has 1 aliphatic heterocycles. The molecule has 0 fully saturated rings. The highest BCUT2D eigenvalue weighted by Crippen LogP contribution is 2.36. The third kappa shape index (κ3) is 3.45. The zero-order chi connectivity index (χ0) is 17.2. The van der Waals surface area contributed by atoms with E-state index in [4.69, 9.17) is 14.2 Å². The number of methoxy groups -OCH3 is 1. The van der Waals surface area contributed by atoms with E-state index >= 15 is 0 Å². The molecule has 0 aromatic heterocycles. The van der Waals surface area contributed by atoms with Crippen molar-refractivity contribution in [3.8, 4) is 17.2 Å². The van der Waals surface area contributed by atoms with Gasteiger partial charge in [-0.1, -0.05) is 18.2 Å². The van der Waals surface area contributed by atoms with Crippen LogP contribution in [0.25, 0.3) is 0 Å². The number of ether oxygens (including phenoxy) is 3. The summed E-state index contributed by atoms with van der Waals surface area (Å²) in [5.41, 5.74) is 0.330. The first kappa shape index (κ1) is 16.2. The van der Waals surface area contributed by atoms with Crippen LogP contribution in [-0.4, -0.2) is 31.8 Å². The highest BCUT2D eigenvalue weighted by Gasteiger charge is 2.34. The molecule has 0 saturated heterocycles. The van der Waals surface area contributed by atoms with Crippen LogP contribution in [0.5, 0.6) is 17.2 Å². The summed E-state index contributed by atoms with van der Waals surface area (Å²) in [6.07, 6.45) is 0. The molecule has 126 valence electrons. The fraction of sp³-hybridized carbons (Fsp3) is 0.316. The molecule has 5 nitrogen and oxygen atoms in total. The molecular formula is C19H21NO4. The Balaban J connectivity index is 1.74. The summed E-state index contributed by atoms with van der Waals surface area (Å²) in [5.74, 6) is 1.89. The summed E-state index contributed by atoms with van der Waals surface area (Å²) in [6.45, 7) is 4.36. The van der Waals surface area contributed by atoms with Gasteiger partial charge in [0.1, 0.15) is 22.8 Å². The summed E-state index contributed by atoms with van der Waals surface area (Å²) in [7, 11) is 1.59. The van der Waals surface area contributed by atoms with Crippen LogP contribution in [0, 0.1) is 0 Å². The summed E-state index contributed by atoms with van der Waals surface area (Å²) >= 11 is 0. The second kappa shape index (κ2) is 6.43. The van der Waals surface area contributed by atoms with Crippen LogP contribution in [0.15, 0.2) is 48.5 Å². The van der Waals surface area contributed by atoms with Crippen LogP contribution in [0.4, 0.5) is 5.69 Å². The zero-order valence-corrected chi connectivity index (χ0v) is 14.1. The van der Waals surface area contributed by atoms with Crippen molar-refractivity contribution < 1.29 is 19.0 Å². The molecule has 0 radical (unpaired) electrons. The van der Waals surface area contributed by atoms with Gasteiger partial charge in [0.2, 0.25) is 0 Å². The second-order valence-electron chi connectivity index (χ2n) is 6.28. The van der Waals surface area contributed by atoms with Crippen molar-refractivity contribution in [3.05, 3.63) is 48.5 Å². The molecule has 0 bridgehead atoms. The van der Waals surface area contributed by atoms with Gasteiger partial charge in [0.15, 0.2) is 6.61 Å². The molecule has 0 atom stereocenters. The van der Waals surface area contributed by atoms with E-state index in [0.717, 1.165) is 5.69 Å². The lowest BCUT2D eigenvalue weighted by Gasteiger charge is -2.39. The maximum absolute atomic E-state index is 12.7. The Morgan fingerprint density at radius 2 is 1.92 bits per heavy atom. The number of nitrogens with zero attached hydrogens (tertiary/aromatic N) is 1. The van der Waals surface area contributed by atoms with Crippen LogP contribution < -0.4 is 19.1 Å². The number of rotatable bonds is 4. The van der Waals surface area contributed by atoms with Gasteiger partial charge in [-0.15, -0.1) is 0 Å². The van der Waals surface area contributed by atoms with Crippen molar-refractivity contribution in [1.82, 2.24) is 0 Å². The summed E-state index contributed by atoms with van der Waals surface area (Å²) in [6, 6.07) is 14.8. The van der Waals surface area contributed by atoms with Gasteiger partial charge in [0, 0.05) is 6.07 Å². The van der Waals surface area contributed by atoms with Crippen LogP contribution in [-0.2, 0) is 4.79 Å². The predicted octanol–water partition coefficient (Wildman–Crippen LogP) is 3.28. The number of anilines is 1. The third-order valence-electron chi connectivity index (χ3n) is 3.79. The van der Waals surface area contributed by atoms with Crippen LogP contribution in [0.3, 0.4) is 0 Å². The van der Waals surface area contributed by atoms with Crippen molar-refractivity contribution in [3.63, 3.8) is 0 Å². The van der Waals surface area contributed by atoms with E-state index in [1.807, 2.05) is 50.2 Å². The Morgan fingerprint density at radius 3 is 2.71 bits per heavy atom. The molecule has 3 rings (SSSR count). The van der Waals surface area contributed by atoms with Crippen molar-refractivity contribution in [2.75, 3.05) is 25.2 Å². The smallest absolute Gasteiger partial charge is 0.265 e. The summed E-state index contributed by atoms with van der Waals surface area (Å²) in [5, 5.41) is 0. The number of amides is 1. The number of fused-ring (bicyclic) bond motifs is 1. The quantitative estimate of drug-likeness (QED) is 0.865. The fourth-order valence-corrected chi connectivity index (χ4v) is 2.70. The third-order valence-corrected chi connectivity index (χ3v) is 3.79. The van der Waals surface area contributed by atoms with E-state index in [2.05, 4.69) is 0 Å². The predicted molar refractivity (Wildman–Crippen MR) is 92.0 cm³/mol. The molecule has 1 heterocycles. The van der Waals surface area contributed by atoms with Gasteiger partial charge in [-0.2, -0.15) is 0 Å². The van der Waals surface area contributed by atoms with Crippen LogP contribution in [0.1, 0.15) is 13.8 Å². The van der Waals surface area contributed by atoms with Crippen molar-refractivity contribution >= 4 is 11.6 Å². The lowest BCUT2D eigenvalue weighted by molar-refractivity contribution is -0.121. The van der Waals surface area contributed by atoms with Crippen molar-refractivity contribution in [2.45, 2.75) is 19.4 Å². The normalized spacial score (nSPS) is 15.2. The molecule has 0 N–H and O–H groups in total. The first-order valence-electron chi connectivity index (χ1n) is 7.84. The molecule has 0 saturated carbocycles. The average molecular weight is 327 g/mol. The minimum atomic E-state index is -0.444. The van der Waals surface area contributed by atoms with Gasteiger partial charge in [0.25, 0.3) is 5.91 Å². The Hall–Kier alpha value is -2.69. The number of benzene rings is 2. The summed E-state index contributed by atoms with van der Waals surface area (Å²) < 4.78 is 16.7. The van der Waals surface area contributed by atoms with E-state index in [0.29, 0.717) is 23.8 Å². The zero-order valence-electron chi connectivity index (χ0n) is 14.1. The molecule has 24 heavy (non-hydrogen) atoms. The highest BCUT2D eigenvalue weighted by molar-refractivity contribution is 5.96. The topological polar surface area (TPSA) is 48.0 Å². The minimum Gasteiger partial charge on any atom is -0.497 e. The standard InChI is InChI=1S/C19H21NO4/c1-19(2)13-20(16-9-4-5-10-17(16)24-19)18(21)12-23-15-8-6-7-14(11-15)22-3/h4-11H,12-13H2,1-3H3. The molecule has 0 aliphatic carbocycles. The van der Waals surface area contributed by atoms with Crippen molar-refractivity contribution in [2.24, 2.45) is 0 Å². The van der Waals surface area contributed by atoms with Gasteiger partial charge in [-0.3, -0.25) is 4.79 Å². The lowest BCUT2D eigenvalue weighted by atomic mass is 10.1. The van der Waals surface area contributed by atoms with Gasteiger partial charge in [0.05, 0.1) is 19.3 Å². The average Bonchev–Trinajstić information content (AvgIpc) is 2.58. The maximum atomic E-state index is 12.7. The number of para-hydroxylation sites is 2. The van der Waals surface area contributed by atoms with Gasteiger partial charge in [-0.05, 0) is 38.1 Å².